The van der Waals surface area contributed by atoms with Crippen molar-refractivity contribution in [2.24, 2.45) is 0 Å². The minimum absolute atomic E-state index is 0.0176. The lowest BCUT2D eigenvalue weighted by Crippen LogP contribution is -2.33. The van der Waals surface area contributed by atoms with Gasteiger partial charge in [0.25, 0.3) is 0 Å². The standard InChI is InChI=1S/C12H14F5N/c1-7(6-12(15,16)17)18-8(2)9-4-3-5-10(13)11(9)14/h3-5,7-8,18H,6H2,1-2H3. The van der Waals surface area contributed by atoms with Crippen LogP contribution in [0.5, 0.6) is 0 Å². The third-order valence-corrected chi connectivity index (χ3v) is 2.52. The van der Waals surface area contributed by atoms with Crippen molar-refractivity contribution >= 4 is 0 Å². The molecule has 2 unspecified atom stereocenters. The van der Waals surface area contributed by atoms with Gasteiger partial charge in [-0.1, -0.05) is 12.1 Å². The molecule has 0 heterocycles. The van der Waals surface area contributed by atoms with Crippen LogP contribution in [0.4, 0.5) is 22.0 Å². The maximum absolute atomic E-state index is 13.4. The summed E-state index contributed by atoms with van der Waals surface area (Å²) in [5.41, 5.74) is 0.0176. The highest BCUT2D eigenvalue weighted by Gasteiger charge is 2.30. The van der Waals surface area contributed by atoms with Crippen LogP contribution in [0.15, 0.2) is 18.2 Å². The number of halogens is 5. The van der Waals surface area contributed by atoms with Crippen molar-refractivity contribution in [1.82, 2.24) is 5.32 Å². The Labute approximate surface area is 102 Å². The highest BCUT2D eigenvalue weighted by Crippen LogP contribution is 2.24. The largest absolute Gasteiger partial charge is 0.390 e. The van der Waals surface area contributed by atoms with E-state index in [-0.39, 0.29) is 5.56 Å². The Morgan fingerprint density at radius 2 is 1.78 bits per heavy atom. The highest BCUT2D eigenvalue weighted by molar-refractivity contribution is 5.22. The van der Waals surface area contributed by atoms with E-state index in [2.05, 4.69) is 5.32 Å². The van der Waals surface area contributed by atoms with E-state index < -0.39 is 36.3 Å². The Morgan fingerprint density at radius 3 is 2.33 bits per heavy atom. The van der Waals surface area contributed by atoms with Gasteiger partial charge in [0.2, 0.25) is 0 Å². The molecular formula is C12H14F5N. The summed E-state index contributed by atoms with van der Waals surface area (Å²) in [6.45, 7) is 2.84. The van der Waals surface area contributed by atoms with Gasteiger partial charge in [-0.3, -0.25) is 0 Å². The van der Waals surface area contributed by atoms with Crippen molar-refractivity contribution in [3.63, 3.8) is 0 Å². The quantitative estimate of drug-likeness (QED) is 0.814. The van der Waals surface area contributed by atoms with Crippen molar-refractivity contribution in [2.75, 3.05) is 0 Å². The molecule has 0 spiro atoms. The van der Waals surface area contributed by atoms with Gasteiger partial charge in [-0.2, -0.15) is 13.2 Å². The van der Waals surface area contributed by atoms with Crippen LogP contribution in [0.1, 0.15) is 31.9 Å². The molecule has 0 aromatic heterocycles. The molecule has 0 fully saturated rings. The Balaban J connectivity index is 2.71. The summed E-state index contributed by atoms with van der Waals surface area (Å²) in [6, 6.07) is 2.06. The van der Waals surface area contributed by atoms with Crippen LogP contribution >= 0.6 is 0 Å². The molecule has 0 aliphatic rings. The number of hydrogen-bond acceptors (Lipinski definition) is 1. The zero-order valence-electron chi connectivity index (χ0n) is 9.98. The first-order valence-corrected chi connectivity index (χ1v) is 5.47. The lowest BCUT2D eigenvalue weighted by molar-refractivity contribution is -0.139. The molecule has 1 nitrogen and oxygen atoms in total. The lowest BCUT2D eigenvalue weighted by Gasteiger charge is -2.21. The fourth-order valence-corrected chi connectivity index (χ4v) is 1.78. The fourth-order valence-electron chi connectivity index (χ4n) is 1.78. The predicted molar refractivity (Wildman–Crippen MR) is 58.0 cm³/mol. The van der Waals surface area contributed by atoms with Gasteiger partial charge >= 0.3 is 6.18 Å². The van der Waals surface area contributed by atoms with Crippen LogP contribution in [0, 0.1) is 11.6 Å². The van der Waals surface area contributed by atoms with Crippen molar-refractivity contribution in [3.05, 3.63) is 35.4 Å². The highest BCUT2D eigenvalue weighted by atomic mass is 19.4. The predicted octanol–water partition coefficient (Wildman–Crippen LogP) is 3.96. The van der Waals surface area contributed by atoms with Crippen LogP contribution < -0.4 is 5.32 Å². The summed E-state index contributed by atoms with van der Waals surface area (Å²) in [7, 11) is 0. The van der Waals surface area contributed by atoms with Gasteiger partial charge in [0.05, 0.1) is 6.42 Å². The topological polar surface area (TPSA) is 12.0 Å². The first-order valence-electron chi connectivity index (χ1n) is 5.47. The molecular weight excluding hydrogens is 253 g/mol. The Bertz CT molecular complexity index is 402. The van der Waals surface area contributed by atoms with Crippen LogP contribution in [0.3, 0.4) is 0 Å². The van der Waals surface area contributed by atoms with E-state index in [0.717, 1.165) is 6.07 Å². The molecule has 6 heteroatoms. The first kappa shape index (κ1) is 14.9. The fraction of sp³-hybridized carbons (Fsp3) is 0.500. The van der Waals surface area contributed by atoms with Crippen molar-refractivity contribution in [3.8, 4) is 0 Å². The van der Waals surface area contributed by atoms with E-state index >= 15 is 0 Å². The molecule has 1 aromatic carbocycles. The number of rotatable bonds is 4. The summed E-state index contributed by atoms with van der Waals surface area (Å²) in [5, 5.41) is 2.59. The zero-order valence-corrected chi connectivity index (χ0v) is 9.98. The third kappa shape index (κ3) is 4.25. The van der Waals surface area contributed by atoms with E-state index in [1.54, 1.807) is 0 Å². The van der Waals surface area contributed by atoms with E-state index in [1.165, 1.54) is 26.0 Å². The average Bonchev–Trinajstić information content (AvgIpc) is 2.18. The average molecular weight is 267 g/mol. The zero-order chi connectivity index (χ0) is 13.9. The smallest absolute Gasteiger partial charge is 0.307 e. The molecule has 2 atom stereocenters. The van der Waals surface area contributed by atoms with E-state index in [0.29, 0.717) is 0 Å². The van der Waals surface area contributed by atoms with Crippen LogP contribution in [-0.2, 0) is 0 Å². The summed E-state index contributed by atoms with van der Waals surface area (Å²) in [4.78, 5) is 0. The normalized spacial score (nSPS) is 15.5. The van der Waals surface area contributed by atoms with Gasteiger partial charge < -0.3 is 5.32 Å². The van der Waals surface area contributed by atoms with E-state index in [4.69, 9.17) is 0 Å². The molecule has 0 amide bonds. The molecule has 1 rings (SSSR count). The van der Waals surface area contributed by atoms with Gasteiger partial charge in [-0.05, 0) is 19.9 Å². The molecule has 0 bridgehead atoms. The van der Waals surface area contributed by atoms with Gasteiger partial charge in [0, 0.05) is 17.6 Å². The van der Waals surface area contributed by atoms with Crippen LogP contribution in [0.25, 0.3) is 0 Å². The molecule has 0 saturated heterocycles. The molecule has 0 aliphatic carbocycles. The van der Waals surface area contributed by atoms with Gasteiger partial charge in [0.15, 0.2) is 11.6 Å². The second-order valence-corrected chi connectivity index (χ2v) is 4.25. The summed E-state index contributed by atoms with van der Waals surface area (Å²) >= 11 is 0. The number of hydrogen-bond donors (Lipinski definition) is 1. The Hall–Kier alpha value is -1.17. The number of benzene rings is 1. The van der Waals surface area contributed by atoms with Crippen molar-refractivity contribution in [2.45, 2.75) is 38.5 Å². The second kappa shape index (κ2) is 5.65. The van der Waals surface area contributed by atoms with Gasteiger partial charge in [0.1, 0.15) is 0 Å². The lowest BCUT2D eigenvalue weighted by atomic mass is 10.1. The second-order valence-electron chi connectivity index (χ2n) is 4.25. The molecule has 102 valence electrons. The van der Waals surface area contributed by atoms with Crippen molar-refractivity contribution in [1.29, 1.82) is 0 Å². The first-order chi connectivity index (χ1) is 8.20. The molecule has 0 saturated carbocycles. The van der Waals surface area contributed by atoms with Crippen molar-refractivity contribution < 1.29 is 22.0 Å². The van der Waals surface area contributed by atoms with Gasteiger partial charge in [-0.25, -0.2) is 8.78 Å². The SMILES string of the molecule is CC(CC(F)(F)F)NC(C)c1cccc(F)c1F. The monoisotopic (exact) mass is 267 g/mol. The summed E-state index contributed by atoms with van der Waals surface area (Å²) in [6.07, 6.45) is -5.30. The molecule has 1 aromatic rings. The van der Waals surface area contributed by atoms with E-state index in [9.17, 15) is 22.0 Å². The summed E-state index contributed by atoms with van der Waals surface area (Å²) < 4.78 is 62.8. The van der Waals surface area contributed by atoms with Crippen LogP contribution in [0.2, 0.25) is 0 Å². The maximum Gasteiger partial charge on any atom is 0.390 e. The Kier molecular flexibility index (Phi) is 4.67. The van der Waals surface area contributed by atoms with Gasteiger partial charge in [-0.15, -0.1) is 0 Å². The minimum Gasteiger partial charge on any atom is -0.307 e. The van der Waals surface area contributed by atoms with E-state index in [1.807, 2.05) is 0 Å². The van der Waals surface area contributed by atoms with Crippen LogP contribution in [-0.4, -0.2) is 12.2 Å². The number of alkyl halides is 3. The molecule has 0 radical (unpaired) electrons. The summed E-state index contributed by atoms with van der Waals surface area (Å²) in [5.74, 6) is -2.04. The Morgan fingerprint density at radius 1 is 1.17 bits per heavy atom. The molecule has 0 aliphatic heterocycles. The molecule has 18 heavy (non-hydrogen) atoms. The maximum atomic E-state index is 13.4. The molecule has 1 N–H and O–H groups in total. The minimum atomic E-state index is -4.29. The number of nitrogens with one attached hydrogen (secondary N) is 1. The third-order valence-electron chi connectivity index (χ3n) is 2.52.